The smallest absolute Gasteiger partial charge is 0.338 e. The van der Waals surface area contributed by atoms with Crippen molar-refractivity contribution in [2.24, 2.45) is 5.73 Å². The molecule has 1 fully saturated rings. The molecule has 120 valence electrons. The van der Waals surface area contributed by atoms with Gasteiger partial charge >= 0.3 is 6.18 Å². The van der Waals surface area contributed by atoms with Gasteiger partial charge in [0, 0.05) is 31.7 Å². The Bertz CT molecular complexity index is 567. The summed E-state index contributed by atoms with van der Waals surface area (Å²) in [6.45, 7) is 1.13. The number of carbonyl (C=O) groups is 2. The Morgan fingerprint density at radius 3 is 2.23 bits per heavy atom. The zero-order valence-electron chi connectivity index (χ0n) is 11.8. The van der Waals surface area contributed by atoms with Gasteiger partial charge in [-0.2, -0.15) is 13.2 Å². The number of amides is 2. The Hall–Kier alpha value is -2.09. The van der Waals surface area contributed by atoms with E-state index in [9.17, 15) is 22.8 Å². The zero-order chi connectivity index (χ0) is 16.3. The van der Waals surface area contributed by atoms with Crippen LogP contribution in [0.4, 0.5) is 13.2 Å². The minimum absolute atomic E-state index is 0.00609. The number of nitrogens with zero attached hydrogens (tertiary/aromatic N) is 2. The number of alkyl halides is 3. The lowest BCUT2D eigenvalue weighted by Gasteiger charge is -2.34. The van der Waals surface area contributed by atoms with Crippen molar-refractivity contribution < 1.29 is 22.8 Å². The van der Waals surface area contributed by atoms with Crippen molar-refractivity contribution in [3.63, 3.8) is 0 Å². The third-order valence-electron chi connectivity index (χ3n) is 3.53. The van der Waals surface area contributed by atoms with Crippen LogP contribution in [0.5, 0.6) is 0 Å². The average molecular weight is 315 g/mol. The van der Waals surface area contributed by atoms with Gasteiger partial charge in [-0.1, -0.05) is 6.07 Å². The van der Waals surface area contributed by atoms with Crippen molar-refractivity contribution in [2.45, 2.75) is 6.18 Å². The molecular weight excluding hydrogens is 299 g/mol. The van der Waals surface area contributed by atoms with Gasteiger partial charge in [-0.3, -0.25) is 9.59 Å². The van der Waals surface area contributed by atoms with Gasteiger partial charge < -0.3 is 15.5 Å². The average Bonchev–Trinajstić information content (AvgIpc) is 2.53. The highest BCUT2D eigenvalue weighted by Gasteiger charge is 2.31. The van der Waals surface area contributed by atoms with Crippen molar-refractivity contribution in [2.75, 3.05) is 32.7 Å². The molecule has 0 aromatic heterocycles. The normalized spacial score (nSPS) is 15.8. The molecule has 1 saturated heterocycles. The fourth-order valence-corrected chi connectivity index (χ4v) is 2.30. The van der Waals surface area contributed by atoms with Crippen molar-refractivity contribution in [1.29, 1.82) is 0 Å². The molecule has 5 nitrogen and oxygen atoms in total. The second-order valence-corrected chi connectivity index (χ2v) is 4.96. The van der Waals surface area contributed by atoms with Gasteiger partial charge in [0.05, 0.1) is 12.1 Å². The number of nitrogens with two attached hydrogens (primary N) is 1. The number of hydrogen-bond donors (Lipinski definition) is 1. The predicted molar refractivity (Wildman–Crippen MR) is 73.0 cm³/mol. The SMILES string of the molecule is NCC(=O)N1CCN(C(=O)c2cccc(C(F)(F)F)c2)CC1. The molecule has 0 aliphatic carbocycles. The van der Waals surface area contributed by atoms with Crippen LogP contribution in [-0.4, -0.2) is 54.3 Å². The zero-order valence-corrected chi connectivity index (χ0v) is 11.8. The van der Waals surface area contributed by atoms with E-state index in [-0.39, 0.29) is 31.1 Å². The molecule has 2 amide bonds. The Morgan fingerprint density at radius 1 is 1.09 bits per heavy atom. The minimum atomic E-state index is -4.48. The van der Waals surface area contributed by atoms with E-state index >= 15 is 0 Å². The number of halogens is 3. The van der Waals surface area contributed by atoms with Gasteiger partial charge in [0.25, 0.3) is 5.91 Å². The van der Waals surface area contributed by atoms with Crippen LogP contribution < -0.4 is 5.73 Å². The maximum Gasteiger partial charge on any atom is 0.416 e. The van der Waals surface area contributed by atoms with E-state index in [1.165, 1.54) is 21.9 Å². The van der Waals surface area contributed by atoms with Gasteiger partial charge in [0.15, 0.2) is 0 Å². The lowest BCUT2D eigenvalue weighted by Crippen LogP contribution is -2.51. The molecule has 2 rings (SSSR count). The number of rotatable bonds is 2. The molecule has 22 heavy (non-hydrogen) atoms. The molecular formula is C14H16F3N3O2. The molecule has 0 unspecified atom stereocenters. The van der Waals surface area contributed by atoms with Gasteiger partial charge in [-0.15, -0.1) is 0 Å². The summed E-state index contributed by atoms with van der Waals surface area (Å²) in [5.41, 5.74) is 4.41. The van der Waals surface area contributed by atoms with E-state index in [2.05, 4.69) is 0 Å². The Labute approximate surface area is 125 Å². The Morgan fingerprint density at radius 2 is 1.68 bits per heavy atom. The first-order valence-corrected chi connectivity index (χ1v) is 6.77. The molecule has 0 atom stereocenters. The van der Waals surface area contributed by atoms with Crippen molar-refractivity contribution >= 4 is 11.8 Å². The van der Waals surface area contributed by atoms with Crippen molar-refractivity contribution in [1.82, 2.24) is 9.80 Å². The summed E-state index contributed by atoms with van der Waals surface area (Å²) in [6.07, 6.45) is -4.48. The fraction of sp³-hybridized carbons (Fsp3) is 0.429. The minimum Gasteiger partial charge on any atom is -0.338 e. The summed E-state index contributed by atoms with van der Waals surface area (Å²) in [4.78, 5) is 26.7. The lowest BCUT2D eigenvalue weighted by molar-refractivity contribution is -0.137. The third-order valence-corrected chi connectivity index (χ3v) is 3.53. The maximum atomic E-state index is 12.7. The predicted octanol–water partition coefficient (Wildman–Crippen LogP) is 0.949. The summed E-state index contributed by atoms with van der Waals surface area (Å²) in [7, 11) is 0. The first-order chi connectivity index (χ1) is 10.3. The summed E-state index contributed by atoms with van der Waals surface area (Å²) >= 11 is 0. The molecule has 1 aromatic rings. The monoisotopic (exact) mass is 315 g/mol. The van der Waals surface area contributed by atoms with Crippen LogP contribution in [0.3, 0.4) is 0 Å². The molecule has 0 spiro atoms. The lowest BCUT2D eigenvalue weighted by atomic mass is 10.1. The molecule has 1 aromatic carbocycles. The first-order valence-electron chi connectivity index (χ1n) is 6.77. The molecule has 0 saturated carbocycles. The highest BCUT2D eigenvalue weighted by molar-refractivity contribution is 5.94. The molecule has 0 radical (unpaired) electrons. The molecule has 8 heteroatoms. The van der Waals surface area contributed by atoms with Crippen LogP contribution in [0.1, 0.15) is 15.9 Å². The number of hydrogen-bond acceptors (Lipinski definition) is 3. The highest BCUT2D eigenvalue weighted by atomic mass is 19.4. The van der Waals surface area contributed by atoms with Crippen molar-refractivity contribution in [3.05, 3.63) is 35.4 Å². The molecule has 0 bridgehead atoms. The number of piperazine rings is 1. The van der Waals surface area contributed by atoms with Crippen LogP contribution in [0.2, 0.25) is 0 Å². The first kappa shape index (κ1) is 16.3. The van der Waals surface area contributed by atoms with Crippen LogP contribution in [0.15, 0.2) is 24.3 Å². The van der Waals surface area contributed by atoms with Crippen LogP contribution >= 0.6 is 0 Å². The summed E-state index contributed by atoms with van der Waals surface area (Å²) in [6, 6.07) is 4.34. The second kappa shape index (κ2) is 6.35. The van der Waals surface area contributed by atoms with E-state index in [0.717, 1.165) is 12.1 Å². The summed E-state index contributed by atoms with van der Waals surface area (Å²) < 4.78 is 38.0. The van der Waals surface area contributed by atoms with Gasteiger partial charge in [-0.05, 0) is 18.2 Å². The van der Waals surface area contributed by atoms with E-state index < -0.39 is 17.6 Å². The van der Waals surface area contributed by atoms with E-state index in [0.29, 0.717) is 13.1 Å². The molecule has 1 heterocycles. The van der Waals surface area contributed by atoms with E-state index in [1.54, 1.807) is 0 Å². The topological polar surface area (TPSA) is 66.6 Å². The number of benzene rings is 1. The highest BCUT2D eigenvalue weighted by Crippen LogP contribution is 2.29. The quantitative estimate of drug-likeness (QED) is 0.883. The maximum absolute atomic E-state index is 12.7. The Balaban J connectivity index is 2.06. The molecule has 1 aliphatic rings. The van der Waals surface area contributed by atoms with Gasteiger partial charge in [0.1, 0.15) is 0 Å². The molecule has 1 aliphatic heterocycles. The summed E-state index contributed by atoms with van der Waals surface area (Å²) in [5, 5.41) is 0. The van der Waals surface area contributed by atoms with Crippen LogP contribution in [0, 0.1) is 0 Å². The largest absolute Gasteiger partial charge is 0.416 e. The van der Waals surface area contributed by atoms with Crippen LogP contribution in [0.25, 0.3) is 0 Å². The standard InChI is InChI=1S/C14H16F3N3O2/c15-14(16,17)11-3-1-2-10(8-11)13(22)20-6-4-19(5-7-20)12(21)9-18/h1-3,8H,4-7,9,18H2. The summed E-state index contributed by atoms with van der Waals surface area (Å²) in [5.74, 6) is -0.669. The molecule has 2 N–H and O–H groups in total. The van der Waals surface area contributed by atoms with Gasteiger partial charge in [-0.25, -0.2) is 0 Å². The van der Waals surface area contributed by atoms with E-state index in [4.69, 9.17) is 5.73 Å². The fourth-order valence-electron chi connectivity index (χ4n) is 2.30. The second-order valence-electron chi connectivity index (χ2n) is 4.96. The van der Waals surface area contributed by atoms with E-state index in [1.807, 2.05) is 0 Å². The third kappa shape index (κ3) is 3.56. The van der Waals surface area contributed by atoms with Crippen LogP contribution in [-0.2, 0) is 11.0 Å². The number of carbonyl (C=O) groups excluding carboxylic acids is 2. The van der Waals surface area contributed by atoms with Crippen molar-refractivity contribution in [3.8, 4) is 0 Å². The van der Waals surface area contributed by atoms with Gasteiger partial charge in [0.2, 0.25) is 5.91 Å². The Kier molecular flexibility index (Phi) is 4.70.